The molecule has 0 saturated carbocycles. The van der Waals surface area contributed by atoms with Gasteiger partial charge >= 0.3 is 0 Å². The van der Waals surface area contributed by atoms with E-state index in [1.165, 1.54) is 6.20 Å². The third kappa shape index (κ3) is 4.29. The first-order valence-corrected chi connectivity index (χ1v) is 10.0. The number of halogens is 3. The van der Waals surface area contributed by atoms with Gasteiger partial charge in [0.05, 0.1) is 11.8 Å². The van der Waals surface area contributed by atoms with Gasteiger partial charge in [0, 0.05) is 11.5 Å². The second-order valence-corrected chi connectivity index (χ2v) is 7.44. The number of nitrogens with zero attached hydrogens (tertiary/aromatic N) is 2. The van der Waals surface area contributed by atoms with Crippen molar-refractivity contribution < 1.29 is 22.7 Å². The minimum absolute atomic E-state index is 0.0157. The van der Waals surface area contributed by atoms with Crippen LogP contribution in [0.1, 0.15) is 23.3 Å². The summed E-state index contributed by atoms with van der Waals surface area (Å²) < 4.78 is 52.3. The first-order chi connectivity index (χ1) is 14.5. The second kappa shape index (κ2) is 8.80. The Bertz CT molecular complexity index is 1050. The summed E-state index contributed by atoms with van der Waals surface area (Å²) in [7, 11) is 0. The second-order valence-electron chi connectivity index (χ2n) is 6.67. The molecule has 4 rings (SSSR count). The smallest absolute Gasteiger partial charge is 0.274 e. The highest BCUT2D eigenvalue weighted by atomic mass is 32.1. The minimum atomic E-state index is -0.973. The molecule has 0 bridgehead atoms. The number of hydrogen-bond donors (Lipinski definition) is 2. The number of nitrogens with one attached hydrogen (secondary N) is 2. The van der Waals surface area contributed by atoms with E-state index in [-0.39, 0.29) is 11.8 Å². The van der Waals surface area contributed by atoms with Gasteiger partial charge in [-0.05, 0) is 50.2 Å². The third-order valence-corrected chi connectivity index (χ3v) is 5.32. The quantitative estimate of drug-likeness (QED) is 0.635. The fourth-order valence-electron chi connectivity index (χ4n) is 3.12. The number of piperidine rings is 1. The van der Waals surface area contributed by atoms with Gasteiger partial charge in [-0.3, -0.25) is 4.79 Å². The molecule has 156 valence electrons. The Kier molecular flexibility index (Phi) is 5.96. The summed E-state index contributed by atoms with van der Waals surface area (Å²) in [5.41, 5.74) is -1.05. The predicted octanol–water partition coefficient (Wildman–Crippen LogP) is 4.01. The average Bonchev–Trinajstić information content (AvgIpc) is 3.16. The van der Waals surface area contributed by atoms with E-state index in [0.29, 0.717) is 10.8 Å². The van der Waals surface area contributed by atoms with E-state index in [2.05, 4.69) is 20.0 Å². The van der Waals surface area contributed by atoms with Crippen LogP contribution in [0.3, 0.4) is 0 Å². The van der Waals surface area contributed by atoms with E-state index in [1.54, 1.807) is 0 Å². The van der Waals surface area contributed by atoms with Crippen molar-refractivity contribution >= 4 is 23.1 Å². The number of carbonyl (C=O) groups excluding carboxylic acids is 1. The van der Waals surface area contributed by atoms with E-state index in [4.69, 9.17) is 4.74 Å². The van der Waals surface area contributed by atoms with Crippen LogP contribution in [-0.4, -0.2) is 34.5 Å². The SMILES string of the molecule is O=C(Nc1cnsc1OC1CCNCC1)c1ccc(F)c(-c2c(F)cccc2F)n1. The van der Waals surface area contributed by atoms with Crippen LogP contribution in [0.2, 0.25) is 0 Å². The van der Waals surface area contributed by atoms with Crippen LogP contribution >= 0.6 is 11.5 Å². The van der Waals surface area contributed by atoms with Crippen LogP contribution in [-0.2, 0) is 0 Å². The molecule has 0 atom stereocenters. The number of carbonyl (C=O) groups is 1. The monoisotopic (exact) mass is 434 g/mol. The number of amides is 1. The Morgan fingerprint density at radius 1 is 1.10 bits per heavy atom. The van der Waals surface area contributed by atoms with Gasteiger partial charge in [-0.25, -0.2) is 18.2 Å². The highest BCUT2D eigenvalue weighted by Crippen LogP contribution is 2.32. The largest absolute Gasteiger partial charge is 0.478 e. The standard InChI is InChI=1S/C20H17F3N4O2S/c21-12-2-1-3-13(22)17(12)18-14(23)4-5-15(26-18)19(28)27-16-10-25-30-20(16)29-11-6-8-24-9-7-11/h1-5,10-11,24H,6-9H2,(H,27,28). The van der Waals surface area contributed by atoms with Gasteiger partial charge in [-0.1, -0.05) is 6.07 Å². The number of ether oxygens (including phenoxy) is 1. The molecule has 1 saturated heterocycles. The number of benzene rings is 1. The van der Waals surface area contributed by atoms with Crippen molar-refractivity contribution in [3.63, 3.8) is 0 Å². The molecule has 0 aliphatic carbocycles. The third-order valence-electron chi connectivity index (χ3n) is 4.62. The van der Waals surface area contributed by atoms with E-state index in [0.717, 1.165) is 67.8 Å². The molecule has 1 amide bonds. The van der Waals surface area contributed by atoms with Gasteiger partial charge in [0.15, 0.2) is 0 Å². The van der Waals surface area contributed by atoms with Crippen molar-refractivity contribution in [1.82, 2.24) is 14.7 Å². The Hall–Kier alpha value is -2.98. The molecule has 0 unspecified atom stereocenters. The highest BCUT2D eigenvalue weighted by molar-refractivity contribution is 7.08. The molecule has 3 aromatic rings. The lowest BCUT2D eigenvalue weighted by Crippen LogP contribution is -2.34. The van der Waals surface area contributed by atoms with Gasteiger partial charge in [0.1, 0.15) is 40.6 Å². The maximum absolute atomic E-state index is 14.2. The maximum Gasteiger partial charge on any atom is 0.274 e. The van der Waals surface area contributed by atoms with Gasteiger partial charge < -0.3 is 15.4 Å². The van der Waals surface area contributed by atoms with Crippen molar-refractivity contribution in [2.75, 3.05) is 18.4 Å². The molecule has 2 aromatic heterocycles. The zero-order valence-corrected chi connectivity index (χ0v) is 16.4. The topological polar surface area (TPSA) is 76.1 Å². The fraction of sp³-hybridized carbons (Fsp3) is 0.250. The highest BCUT2D eigenvalue weighted by Gasteiger charge is 2.22. The van der Waals surface area contributed by atoms with Crippen molar-refractivity contribution in [2.24, 2.45) is 0 Å². The predicted molar refractivity (Wildman–Crippen MR) is 106 cm³/mol. The molecule has 0 spiro atoms. The van der Waals surface area contributed by atoms with Crippen molar-refractivity contribution in [1.29, 1.82) is 0 Å². The van der Waals surface area contributed by atoms with Crippen LogP contribution < -0.4 is 15.4 Å². The lowest BCUT2D eigenvalue weighted by Gasteiger charge is -2.23. The first kappa shape index (κ1) is 20.3. The molecule has 1 aliphatic heterocycles. The van der Waals surface area contributed by atoms with Gasteiger partial charge in [-0.15, -0.1) is 0 Å². The van der Waals surface area contributed by atoms with E-state index < -0.39 is 34.6 Å². The summed E-state index contributed by atoms with van der Waals surface area (Å²) in [5, 5.41) is 6.32. The lowest BCUT2D eigenvalue weighted by atomic mass is 10.1. The molecule has 1 aromatic carbocycles. The summed E-state index contributed by atoms with van der Waals surface area (Å²) in [6.07, 6.45) is 3.13. The molecular formula is C20H17F3N4O2S. The minimum Gasteiger partial charge on any atom is -0.478 e. The maximum atomic E-state index is 14.2. The summed E-state index contributed by atoms with van der Waals surface area (Å²) in [6.45, 7) is 1.69. The molecule has 1 aliphatic rings. The van der Waals surface area contributed by atoms with Gasteiger partial charge in [0.2, 0.25) is 5.06 Å². The van der Waals surface area contributed by atoms with Crippen molar-refractivity contribution in [3.05, 3.63) is 59.7 Å². The summed E-state index contributed by atoms with van der Waals surface area (Å²) in [6, 6.07) is 5.24. The molecule has 30 heavy (non-hydrogen) atoms. The van der Waals surface area contributed by atoms with Crippen LogP contribution in [0.5, 0.6) is 5.06 Å². The summed E-state index contributed by atoms with van der Waals surface area (Å²) in [5.74, 6) is -3.57. The van der Waals surface area contributed by atoms with Crippen LogP contribution in [0.25, 0.3) is 11.3 Å². The number of hydrogen-bond acceptors (Lipinski definition) is 6. The molecule has 3 heterocycles. The average molecular weight is 434 g/mol. The van der Waals surface area contributed by atoms with Crippen LogP contribution in [0, 0.1) is 17.5 Å². The lowest BCUT2D eigenvalue weighted by molar-refractivity contribution is 0.102. The van der Waals surface area contributed by atoms with E-state index in [1.807, 2.05) is 0 Å². The zero-order valence-electron chi connectivity index (χ0n) is 15.6. The zero-order chi connectivity index (χ0) is 21.1. The first-order valence-electron chi connectivity index (χ1n) is 9.27. The molecule has 0 radical (unpaired) electrons. The van der Waals surface area contributed by atoms with E-state index >= 15 is 0 Å². The number of anilines is 1. The van der Waals surface area contributed by atoms with Crippen molar-refractivity contribution in [2.45, 2.75) is 18.9 Å². The molecule has 2 N–H and O–H groups in total. The Morgan fingerprint density at radius 3 is 2.57 bits per heavy atom. The Balaban J connectivity index is 1.56. The molecular weight excluding hydrogens is 417 g/mol. The number of rotatable bonds is 5. The summed E-state index contributed by atoms with van der Waals surface area (Å²) in [4.78, 5) is 16.5. The number of aromatic nitrogens is 2. The van der Waals surface area contributed by atoms with Gasteiger partial charge in [-0.2, -0.15) is 4.37 Å². The Labute approximate surface area is 174 Å². The molecule has 1 fully saturated rings. The van der Waals surface area contributed by atoms with Crippen molar-refractivity contribution in [3.8, 4) is 16.3 Å². The van der Waals surface area contributed by atoms with Crippen LogP contribution in [0.4, 0.5) is 18.9 Å². The Morgan fingerprint density at radius 2 is 1.83 bits per heavy atom. The van der Waals surface area contributed by atoms with Crippen LogP contribution in [0.15, 0.2) is 36.5 Å². The molecule has 6 nitrogen and oxygen atoms in total. The van der Waals surface area contributed by atoms with E-state index in [9.17, 15) is 18.0 Å². The summed E-state index contributed by atoms with van der Waals surface area (Å²) >= 11 is 1.10. The van der Waals surface area contributed by atoms with Gasteiger partial charge in [0.25, 0.3) is 5.91 Å². The fourth-order valence-corrected chi connectivity index (χ4v) is 3.75. The molecule has 10 heteroatoms. The normalized spacial score (nSPS) is 14.5. The number of pyridine rings is 1.